The summed E-state index contributed by atoms with van der Waals surface area (Å²) in [5.74, 6) is -0.363. The van der Waals surface area contributed by atoms with Crippen molar-refractivity contribution in [3.63, 3.8) is 0 Å². The molecule has 0 saturated heterocycles. The van der Waals surface area contributed by atoms with Crippen molar-refractivity contribution >= 4 is 21.9 Å². The molecule has 100 valence electrons. The molecule has 7 heteroatoms. The normalized spacial score (nSPS) is 10.5. The molecule has 1 heterocycles. The number of hydrogen-bond donors (Lipinski definition) is 0. The van der Waals surface area contributed by atoms with Crippen LogP contribution in [0.2, 0.25) is 0 Å². The van der Waals surface area contributed by atoms with Gasteiger partial charge in [0, 0.05) is 10.0 Å². The first-order valence-corrected chi connectivity index (χ1v) is 6.33. The number of aromatic nitrogens is 2. The Hall–Kier alpha value is -1.76. The maximum absolute atomic E-state index is 13.0. The lowest BCUT2D eigenvalue weighted by atomic mass is 10.2. The predicted octanol–water partition coefficient (Wildman–Crippen LogP) is 2.74. The van der Waals surface area contributed by atoms with E-state index < -0.39 is 5.97 Å². The Morgan fingerprint density at radius 1 is 1.53 bits per heavy atom. The Bertz CT molecular complexity index is 600. The Kier molecular flexibility index (Phi) is 4.26. The van der Waals surface area contributed by atoms with E-state index in [-0.39, 0.29) is 24.0 Å². The maximum Gasteiger partial charge on any atom is 0.315 e. The molecule has 0 N–H and O–H groups in total. The Morgan fingerprint density at radius 2 is 2.32 bits per heavy atom. The van der Waals surface area contributed by atoms with Crippen LogP contribution in [-0.2, 0) is 16.0 Å². The van der Waals surface area contributed by atoms with E-state index in [1.165, 1.54) is 18.2 Å². The van der Waals surface area contributed by atoms with Crippen molar-refractivity contribution in [3.05, 3.63) is 34.4 Å². The molecule has 2 rings (SSSR count). The third-order valence-corrected chi connectivity index (χ3v) is 2.90. The third kappa shape index (κ3) is 3.37. The largest absolute Gasteiger partial charge is 0.466 e. The number of esters is 1. The summed E-state index contributed by atoms with van der Waals surface area (Å²) in [7, 11) is 0. The second-order valence-corrected chi connectivity index (χ2v) is 4.47. The Balaban J connectivity index is 2.18. The van der Waals surface area contributed by atoms with Gasteiger partial charge in [-0.15, -0.1) is 0 Å². The summed E-state index contributed by atoms with van der Waals surface area (Å²) in [5, 5.41) is 3.74. The zero-order valence-electron chi connectivity index (χ0n) is 10.0. The molecule has 0 bridgehead atoms. The van der Waals surface area contributed by atoms with Gasteiger partial charge in [-0.25, -0.2) is 4.39 Å². The molecule has 0 saturated carbocycles. The number of halogens is 2. The van der Waals surface area contributed by atoms with Crippen LogP contribution >= 0.6 is 15.9 Å². The number of ether oxygens (including phenoxy) is 1. The van der Waals surface area contributed by atoms with E-state index in [0.29, 0.717) is 16.6 Å². The van der Waals surface area contributed by atoms with E-state index in [1.54, 1.807) is 6.92 Å². The summed E-state index contributed by atoms with van der Waals surface area (Å²) in [5.41, 5.74) is 0.584. The molecule has 0 aliphatic rings. The van der Waals surface area contributed by atoms with Crippen LogP contribution in [0.3, 0.4) is 0 Å². The molecule has 0 spiro atoms. The molecule has 0 atom stereocenters. The van der Waals surface area contributed by atoms with Gasteiger partial charge in [0.1, 0.15) is 12.2 Å². The van der Waals surface area contributed by atoms with Crippen molar-refractivity contribution in [2.75, 3.05) is 6.61 Å². The fraction of sp³-hybridized carbons (Fsp3) is 0.250. The molecule has 0 radical (unpaired) electrons. The van der Waals surface area contributed by atoms with Crippen molar-refractivity contribution in [1.82, 2.24) is 10.1 Å². The van der Waals surface area contributed by atoms with Crippen molar-refractivity contribution < 1.29 is 18.4 Å². The monoisotopic (exact) mass is 328 g/mol. The van der Waals surface area contributed by atoms with E-state index >= 15 is 0 Å². The van der Waals surface area contributed by atoms with Crippen LogP contribution < -0.4 is 0 Å². The van der Waals surface area contributed by atoms with E-state index in [0.717, 1.165) is 0 Å². The van der Waals surface area contributed by atoms with Crippen molar-refractivity contribution in [2.45, 2.75) is 13.3 Å². The highest BCUT2D eigenvalue weighted by Gasteiger charge is 2.15. The molecule has 2 aromatic rings. The van der Waals surface area contributed by atoms with Crippen LogP contribution in [0.1, 0.15) is 12.8 Å². The molecule has 0 unspecified atom stereocenters. The zero-order valence-corrected chi connectivity index (χ0v) is 11.6. The third-order valence-electron chi connectivity index (χ3n) is 2.24. The van der Waals surface area contributed by atoms with Crippen molar-refractivity contribution in [3.8, 4) is 11.4 Å². The van der Waals surface area contributed by atoms with Gasteiger partial charge in [-0.3, -0.25) is 4.79 Å². The van der Waals surface area contributed by atoms with E-state index in [9.17, 15) is 9.18 Å². The molecular formula is C12H10BrFN2O3. The predicted molar refractivity (Wildman–Crippen MR) is 67.7 cm³/mol. The topological polar surface area (TPSA) is 65.2 Å². The van der Waals surface area contributed by atoms with Gasteiger partial charge in [-0.05, 0) is 41.1 Å². The van der Waals surface area contributed by atoms with Crippen LogP contribution in [-0.4, -0.2) is 22.7 Å². The number of rotatable bonds is 4. The number of carbonyl (C=O) groups excluding carboxylic acids is 1. The van der Waals surface area contributed by atoms with Crippen LogP contribution in [0, 0.1) is 5.82 Å². The number of hydrogen-bond acceptors (Lipinski definition) is 5. The molecular weight excluding hydrogens is 319 g/mol. The number of carbonyl (C=O) groups is 1. The first-order valence-electron chi connectivity index (χ1n) is 5.53. The quantitative estimate of drug-likeness (QED) is 0.807. The Morgan fingerprint density at radius 3 is 3.00 bits per heavy atom. The summed E-state index contributed by atoms with van der Waals surface area (Å²) in [6, 6.07) is 4.12. The highest BCUT2D eigenvalue weighted by atomic mass is 79.9. The highest BCUT2D eigenvalue weighted by molar-refractivity contribution is 9.10. The van der Waals surface area contributed by atoms with Crippen LogP contribution in [0.4, 0.5) is 4.39 Å². The SMILES string of the molecule is CCOC(=O)Cc1nc(-c2ccc(F)cc2Br)no1. The van der Waals surface area contributed by atoms with E-state index in [4.69, 9.17) is 9.26 Å². The fourth-order valence-corrected chi connectivity index (χ4v) is 1.97. The lowest BCUT2D eigenvalue weighted by Crippen LogP contribution is -2.07. The van der Waals surface area contributed by atoms with Crippen molar-refractivity contribution in [2.24, 2.45) is 0 Å². The van der Waals surface area contributed by atoms with Gasteiger partial charge in [0.15, 0.2) is 0 Å². The molecule has 0 fully saturated rings. The molecule has 1 aromatic heterocycles. The average Bonchev–Trinajstić information content (AvgIpc) is 2.77. The van der Waals surface area contributed by atoms with Gasteiger partial charge in [0.05, 0.1) is 6.61 Å². The number of benzene rings is 1. The molecule has 19 heavy (non-hydrogen) atoms. The van der Waals surface area contributed by atoms with Crippen molar-refractivity contribution in [1.29, 1.82) is 0 Å². The standard InChI is InChI=1S/C12H10BrFN2O3/c1-2-18-11(17)6-10-15-12(16-19-10)8-4-3-7(14)5-9(8)13/h3-5H,2,6H2,1H3. The maximum atomic E-state index is 13.0. The van der Waals surface area contributed by atoms with Gasteiger partial charge >= 0.3 is 5.97 Å². The molecule has 1 aromatic carbocycles. The van der Waals surface area contributed by atoms with Gasteiger partial charge in [-0.1, -0.05) is 5.16 Å². The summed E-state index contributed by atoms with van der Waals surface area (Å²) in [4.78, 5) is 15.3. The van der Waals surface area contributed by atoms with Gasteiger partial charge in [0.2, 0.25) is 11.7 Å². The summed E-state index contributed by atoms with van der Waals surface area (Å²) >= 11 is 3.22. The minimum absolute atomic E-state index is 0.0837. The van der Waals surface area contributed by atoms with Crippen LogP contribution in [0.15, 0.2) is 27.2 Å². The van der Waals surface area contributed by atoms with E-state index in [1.807, 2.05) is 0 Å². The lowest BCUT2D eigenvalue weighted by molar-refractivity contribution is -0.142. The summed E-state index contributed by atoms with van der Waals surface area (Å²) in [6.45, 7) is 2.01. The second-order valence-electron chi connectivity index (χ2n) is 3.62. The van der Waals surface area contributed by atoms with Gasteiger partial charge in [0.25, 0.3) is 0 Å². The van der Waals surface area contributed by atoms with E-state index in [2.05, 4.69) is 26.1 Å². The van der Waals surface area contributed by atoms with Crippen LogP contribution in [0.25, 0.3) is 11.4 Å². The minimum Gasteiger partial charge on any atom is -0.466 e. The number of nitrogens with zero attached hydrogens (tertiary/aromatic N) is 2. The molecule has 5 nitrogen and oxygen atoms in total. The summed E-state index contributed by atoms with van der Waals surface area (Å²) < 4.78 is 23.2. The zero-order chi connectivity index (χ0) is 13.8. The smallest absolute Gasteiger partial charge is 0.315 e. The minimum atomic E-state index is -0.434. The lowest BCUT2D eigenvalue weighted by Gasteiger charge is -1.98. The summed E-state index contributed by atoms with van der Waals surface area (Å²) in [6.07, 6.45) is -0.0837. The van der Waals surface area contributed by atoms with Crippen LogP contribution in [0.5, 0.6) is 0 Å². The molecule has 0 aliphatic carbocycles. The fourth-order valence-electron chi connectivity index (χ4n) is 1.44. The average molecular weight is 329 g/mol. The molecule has 0 amide bonds. The highest BCUT2D eigenvalue weighted by Crippen LogP contribution is 2.26. The first kappa shape index (κ1) is 13.7. The first-order chi connectivity index (χ1) is 9.10. The molecule has 0 aliphatic heterocycles. The second kappa shape index (κ2) is 5.92. The van der Waals surface area contributed by atoms with Gasteiger partial charge < -0.3 is 9.26 Å². The Labute approximate surface area is 116 Å². The van der Waals surface area contributed by atoms with Gasteiger partial charge in [-0.2, -0.15) is 4.98 Å².